The molecule has 0 aromatic heterocycles. The summed E-state index contributed by atoms with van der Waals surface area (Å²) in [5, 5.41) is 0. The fourth-order valence-corrected chi connectivity index (χ4v) is 0. The van der Waals surface area contributed by atoms with Crippen LogP contribution in [0.25, 0.3) is 10.4 Å². The Hall–Kier alpha value is -0.400. The van der Waals surface area contributed by atoms with Crippen molar-refractivity contribution in [2.24, 2.45) is 4.63 Å². The molecule has 0 heterocycles. The fourth-order valence-electron chi connectivity index (χ4n) is 0. The molecule has 0 fully saturated rings. The summed E-state index contributed by atoms with van der Waals surface area (Å²) in [7, 11) is 0. The van der Waals surface area contributed by atoms with Crippen molar-refractivity contribution in [2.45, 2.75) is 0 Å². The second-order valence-corrected chi connectivity index (χ2v) is 0.316. The van der Waals surface area contributed by atoms with Gasteiger partial charge in [-0.15, -0.1) is 0 Å². The lowest BCUT2D eigenvalue weighted by molar-refractivity contribution is 1.78. The van der Waals surface area contributed by atoms with E-state index >= 15 is 0 Å². The molecule has 0 unspecified atom stereocenters. The maximum atomic E-state index is 7.20. The maximum absolute atomic E-state index is 7.20. The second-order valence-electron chi connectivity index (χ2n) is 0.165. The van der Waals surface area contributed by atoms with E-state index in [0.29, 0.717) is 0 Å². The Balaban J connectivity index is 3.11. The van der Waals surface area contributed by atoms with Gasteiger partial charge in [0, 0.05) is 9.55 Å². The molecule has 0 aromatic rings. The van der Waals surface area contributed by atoms with Crippen molar-refractivity contribution in [1.29, 1.82) is 0 Å². The summed E-state index contributed by atoms with van der Waals surface area (Å²) in [5.41, 5.74) is 7.20. The van der Waals surface area contributed by atoms with Crippen molar-refractivity contribution in [1.82, 2.24) is 0 Å². The minimum atomic E-state index is 2.13. The monoisotopic (exact) mass is 77.0 g/mol. The van der Waals surface area contributed by atoms with Gasteiger partial charge in [-0.05, 0) is 17.3 Å². The number of hydrogen-bond acceptors (Lipinski definition) is 1. The highest BCUT2D eigenvalue weighted by Gasteiger charge is 1.31. The van der Waals surface area contributed by atoms with Crippen LogP contribution in [-0.2, 0) is 0 Å². The smallest absolute Gasteiger partial charge is 0.0156 e. The van der Waals surface area contributed by atoms with Crippen LogP contribution in [0.15, 0.2) is 4.63 Å². The lowest BCUT2D eigenvalue weighted by atomic mass is 13.0. The van der Waals surface area contributed by atoms with Gasteiger partial charge in [0.05, 0.1) is 0 Å². The van der Waals surface area contributed by atoms with E-state index in [1.807, 2.05) is 0 Å². The van der Waals surface area contributed by atoms with E-state index < -0.39 is 0 Å². The van der Waals surface area contributed by atoms with Crippen molar-refractivity contribution >= 4 is 11.8 Å². The van der Waals surface area contributed by atoms with Crippen LogP contribution in [0.4, 0.5) is 0 Å². The number of hydrogen-bond donors (Lipinski definition) is 0. The molecule has 0 saturated heterocycles. The predicted molar refractivity (Wildman–Crippen MR) is 15.0 cm³/mol. The third kappa shape index (κ3) is 1.60. The average Bonchev–Trinajstić information content (AvgIpc) is 1.37. The molecule has 0 aliphatic heterocycles. The van der Waals surface area contributed by atoms with Gasteiger partial charge in [-0.2, -0.15) is 0 Å². The van der Waals surface area contributed by atoms with Gasteiger partial charge in [-0.1, -0.05) is 0 Å². The minimum Gasteiger partial charge on any atom is -0.0205 e. The normalized spacial score (nSPS) is 4.25. The summed E-state index contributed by atoms with van der Waals surface area (Å²) in [6.45, 7) is 0. The molecule has 22 valence electrons. The molecule has 4 heteroatoms. The quantitative estimate of drug-likeness (QED) is 0.239. The zero-order valence-electron chi connectivity index (χ0n) is 1.72. The Kier molecular flexibility index (Phi) is 2.34. The van der Waals surface area contributed by atoms with Gasteiger partial charge in [-0.3, -0.25) is 0 Å². The molecule has 0 saturated carbocycles. The number of halogens is 1. The first-order chi connectivity index (χ1) is 1.91. The first-order valence-electron chi connectivity index (χ1n) is 0.569. The molecule has 0 aliphatic carbocycles. The van der Waals surface area contributed by atoms with E-state index in [1.165, 1.54) is 0 Å². The largest absolute Gasteiger partial charge is 0.0205 e. The molecule has 0 rings (SSSR count). The van der Waals surface area contributed by atoms with Crippen LogP contribution in [-0.4, -0.2) is 0 Å². The van der Waals surface area contributed by atoms with Crippen molar-refractivity contribution in [3.63, 3.8) is 0 Å². The van der Waals surface area contributed by atoms with Gasteiger partial charge < -0.3 is 0 Å². The standard InChI is InChI=1S/ClN3/c1-3-4-2. The molecule has 0 radical (unpaired) electrons. The van der Waals surface area contributed by atoms with E-state index in [-0.39, 0.29) is 0 Å². The van der Waals surface area contributed by atoms with Gasteiger partial charge in [0.15, 0.2) is 0 Å². The van der Waals surface area contributed by atoms with Gasteiger partial charge >= 0.3 is 0 Å². The molecule has 0 amide bonds. The molecule has 0 N–H and O–H groups in total. The number of azide groups is 1. The third-order valence-electron chi connectivity index (χ3n) is 0.0338. The van der Waals surface area contributed by atoms with E-state index in [9.17, 15) is 0 Å². The van der Waals surface area contributed by atoms with Crippen LogP contribution in [0.1, 0.15) is 0 Å². The Labute approximate surface area is 27.9 Å². The molecule has 0 aliphatic rings. The predicted octanol–water partition coefficient (Wildman–Crippen LogP) is 1.45. The van der Waals surface area contributed by atoms with Crippen molar-refractivity contribution in [3.05, 3.63) is 10.4 Å². The Bertz CT molecular complexity index is 41.2. The molecule has 0 aromatic carbocycles. The highest BCUT2D eigenvalue weighted by molar-refractivity contribution is 6.14. The van der Waals surface area contributed by atoms with Crippen molar-refractivity contribution < 1.29 is 0 Å². The summed E-state index contributed by atoms with van der Waals surface area (Å²) in [6.07, 6.45) is 0. The van der Waals surface area contributed by atoms with Crippen LogP contribution in [0, 0.1) is 0 Å². The number of rotatable bonds is 0. The zero-order chi connectivity index (χ0) is 3.41. The second kappa shape index (κ2) is 2.60. The van der Waals surface area contributed by atoms with Crippen molar-refractivity contribution in [3.8, 4) is 0 Å². The Morgan fingerprint density at radius 1 is 2.00 bits per heavy atom. The summed E-state index contributed by atoms with van der Waals surface area (Å²) in [4.78, 5) is 2.13. The molecular formula is ClN3. The lowest BCUT2D eigenvalue weighted by Crippen LogP contribution is -0.983. The summed E-state index contributed by atoms with van der Waals surface area (Å²) in [5.74, 6) is 0. The molecule has 3 nitrogen and oxygen atoms in total. The fraction of sp³-hybridized carbons (Fsp3) is 0. The summed E-state index contributed by atoms with van der Waals surface area (Å²) >= 11 is 4.39. The van der Waals surface area contributed by atoms with Crippen LogP contribution < -0.4 is 0 Å². The molecule has 0 atom stereocenters. The first-order valence-corrected chi connectivity index (χ1v) is 0.907. The van der Waals surface area contributed by atoms with E-state index in [1.54, 1.807) is 0 Å². The van der Waals surface area contributed by atoms with Gasteiger partial charge in [0.25, 0.3) is 0 Å². The van der Waals surface area contributed by atoms with Gasteiger partial charge in [-0.25, -0.2) is 0 Å². The van der Waals surface area contributed by atoms with E-state index in [0.717, 1.165) is 0 Å². The SMILES string of the molecule is [N-]=[N+]=NCl. The molecule has 0 spiro atoms. The molecular weight excluding hydrogens is 77.5 g/mol. The maximum Gasteiger partial charge on any atom is 0.0156 e. The highest BCUT2D eigenvalue weighted by atomic mass is 35.5. The third-order valence-corrected chi connectivity index (χ3v) is 0.101. The minimum absolute atomic E-state index is 2.13. The number of nitrogens with zero attached hydrogens (tertiary/aromatic N) is 3. The van der Waals surface area contributed by atoms with E-state index in [2.05, 4.69) is 21.3 Å². The highest BCUT2D eigenvalue weighted by Crippen LogP contribution is 1.68. The average molecular weight is 77.5 g/mol. The van der Waals surface area contributed by atoms with Crippen molar-refractivity contribution in [2.75, 3.05) is 0 Å². The summed E-state index contributed by atoms with van der Waals surface area (Å²) < 4.78 is 2.39. The molecule has 4 heavy (non-hydrogen) atoms. The first kappa shape index (κ1) is 3.60. The van der Waals surface area contributed by atoms with Crippen LogP contribution >= 0.6 is 11.8 Å². The summed E-state index contributed by atoms with van der Waals surface area (Å²) in [6, 6.07) is 0. The molecule has 0 bridgehead atoms. The lowest BCUT2D eigenvalue weighted by Gasteiger charge is -1.30. The zero-order valence-corrected chi connectivity index (χ0v) is 2.48. The topological polar surface area (TPSA) is 48.8 Å². The Morgan fingerprint density at radius 2 is 2.25 bits per heavy atom. The van der Waals surface area contributed by atoms with Crippen LogP contribution in [0.5, 0.6) is 0 Å². The van der Waals surface area contributed by atoms with Gasteiger partial charge in [0.2, 0.25) is 0 Å². The van der Waals surface area contributed by atoms with Gasteiger partial charge in [0.1, 0.15) is 0 Å². The van der Waals surface area contributed by atoms with E-state index in [4.69, 9.17) is 5.53 Å². The van der Waals surface area contributed by atoms with Crippen LogP contribution in [0.2, 0.25) is 0 Å². The Morgan fingerprint density at radius 3 is 2.25 bits per heavy atom. The van der Waals surface area contributed by atoms with Crippen LogP contribution in [0.3, 0.4) is 0 Å².